The van der Waals surface area contributed by atoms with Gasteiger partial charge in [0.1, 0.15) is 6.04 Å². The number of hydrogen-bond donors (Lipinski definition) is 2. The highest BCUT2D eigenvalue weighted by molar-refractivity contribution is 7.98. The van der Waals surface area contributed by atoms with Gasteiger partial charge in [-0.05, 0) is 86.1 Å². The normalized spacial score (nSPS) is 31.1. The van der Waals surface area contributed by atoms with E-state index in [1.807, 2.05) is 24.3 Å². The minimum atomic E-state index is -0.625. The molecule has 5 fully saturated rings. The lowest BCUT2D eigenvalue weighted by atomic mass is 9.80. The SMILES string of the molecule is O=C1CCC(N2Cc3c(SCc4ccc(C(=O)NC56CC7CC(CC5C7)C6)cn4)cccc3C2=O)C(=O)N1. The molecule has 4 aliphatic carbocycles. The van der Waals surface area contributed by atoms with E-state index in [1.54, 1.807) is 28.9 Å². The van der Waals surface area contributed by atoms with Gasteiger partial charge in [0, 0.05) is 40.9 Å². The maximum absolute atomic E-state index is 13.1. The molecule has 0 spiro atoms. The topological polar surface area (TPSA) is 108 Å². The summed E-state index contributed by atoms with van der Waals surface area (Å²) in [5.41, 5.74) is 2.98. The van der Waals surface area contributed by atoms with E-state index in [0.29, 0.717) is 35.8 Å². The largest absolute Gasteiger partial charge is 0.346 e. The van der Waals surface area contributed by atoms with Gasteiger partial charge >= 0.3 is 0 Å². The van der Waals surface area contributed by atoms with Gasteiger partial charge in [-0.2, -0.15) is 0 Å². The predicted octanol–water partition coefficient (Wildman–Crippen LogP) is 3.44. The lowest BCUT2D eigenvalue weighted by Crippen LogP contribution is -2.52. The Labute approximate surface area is 225 Å². The summed E-state index contributed by atoms with van der Waals surface area (Å²) in [6.45, 7) is 0.348. The summed E-state index contributed by atoms with van der Waals surface area (Å²) in [5, 5.41) is 5.76. The molecule has 196 valence electrons. The fraction of sp³-hybridized carbons (Fsp3) is 0.483. The van der Waals surface area contributed by atoms with Gasteiger partial charge in [0.15, 0.2) is 0 Å². The maximum Gasteiger partial charge on any atom is 0.255 e. The first-order valence-electron chi connectivity index (χ1n) is 13.6. The Morgan fingerprint density at radius 3 is 2.66 bits per heavy atom. The summed E-state index contributed by atoms with van der Waals surface area (Å²) in [5.74, 6) is 1.93. The molecule has 4 amide bonds. The Kier molecular flexibility index (Phi) is 5.61. The highest BCUT2D eigenvalue weighted by Gasteiger charge is 2.58. The zero-order chi connectivity index (χ0) is 26.0. The molecule has 4 saturated carbocycles. The zero-order valence-corrected chi connectivity index (χ0v) is 21.9. The first-order chi connectivity index (χ1) is 18.4. The van der Waals surface area contributed by atoms with Crippen molar-refractivity contribution in [3.63, 3.8) is 0 Å². The van der Waals surface area contributed by atoms with Crippen LogP contribution in [0.4, 0.5) is 0 Å². The molecule has 6 aliphatic rings. The monoisotopic (exact) mass is 530 g/mol. The van der Waals surface area contributed by atoms with Gasteiger partial charge < -0.3 is 10.2 Å². The number of amides is 4. The summed E-state index contributed by atoms with van der Waals surface area (Å²) in [6, 6.07) is 8.77. The van der Waals surface area contributed by atoms with Crippen LogP contribution in [0.5, 0.6) is 0 Å². The van der Waals surface area contributed by atoms with E-state index in [0.717, 1.165) is 40.8 Å². The summed E-state index contributed by atoms with van der Waals surface area (Å²) >= 11 is 1.59. The lowest BCUT2D eigenvalue weighted by molar-refractivity contribution is -0.136. The van der Waals surface area contributed by atoms with Crippen molar-refractivity contribution >= 4 is 35.4 Å². The number of imide groups is 1. The van der Waals surface area contributed by atoms with Crippen LogP contribution in [0.25, 0.3) is 0 Å². The second-order valence-corrected chi connectivity index (χ2v) is 12.7. The van der Waals surface area contributed by atoms with Gasteiger partial charge in [-0.25, -0.2) is 0 Å². The van der Waals surface area contributed by atoms with Gasteiger partial charge in [-0.1, -0.05) is 6.07 Å². The lowest BCUT2D eigenvalue weighted by Gasteiger charge is -2.33. The van der Waals surface area contributed by atoms with Crippen LogP contribution in [0.1, 0.15) is 76.9 Å². The Hall–Kier alpha value is -3.20. The molecule has 9 heteroatoms. The molecule has 1 aromatic heterocycles. The number of nitrogens with zero attached hydrogens (tertiary/aromatic N) is 2. The first kappa shape index (κ1) is 23.9. The Morgan fingerprint density at radius 2 is 1.92 bits per heavy atom. The first-order valence-corrected chi connectivity index (χ1v) is 14.5. The van der Waals surface area contributed by atoms with Gasteiger partial charge in [0.2, 0.25) is 11.8 Å². The number of carbonyl (C=O) groups is 4. The molecule has 0 radical (unpaired) electrons. The van der Waals surface area contributed by atoms with Crippen LogP contribution in [0.2, 0.25) is 0 Å². The second kappa shape index (κ2) is 8.93. The van der Waals surface area contributed by atoms with Crippen molar-refractivity contribution < 1.29 is 19.2 Å². The molecule has 2 aliphatic heterocycles. The fourth-order valence-corrected chi connectivity index (χ4v) is 8.78. The second-order valence-electron chi connectivity index (χ2n) is 11.7. The molecule has 8 rings (SSSR count). The van der Waals surface area contributed by atoms with Crippen molar-refractivity contribution in [2.24, 2.45) is 17.8 Å². The molecule has 8 nitrogen and oxygen atoms in total. The maximum atomic E-state index is 13.1. The summed E-state index contributed by atoms with van der Waals surface area (Å²) in [6.07, 6.45) is 8.40. The highest BCUT2D eigenvalue weighted by Crippen LogP contribution is 2.60. The number of thioether (sulfide) groups is 1. The zero-order valence-electron chi connectivity index (χ0n) is 21.1. The number of benzene rings is 1. The Balaban J connectivity index is 1.00. The summed E-state index contributed by atoms with van der Waals surface area (Å²) in [7, 11) is 0. The van der Waals surface area contributed by atoms with Crippen molar-refractivity contribution in [3.05, 3.63) is 58.9 Å². The van der Waals surface area contributed by atoms with Gasteiger partial charge in [-0.15, -0.1) is 11.8 Å². The summed E-state index contributed by atoms with van der Waals surface area (Å²) in [4.78, 5) is 57.1. The van der Waals surface area contributed by atoms with Crippen molar-refractivity contribution in [1.82, 2.24) is 20.5 Å². The molecule has 4 bridgehead atoms. The molecular formula is C29H30N4O4S. The van der Waals surface area contributed by atoms with E-state index in [9.17, 15) is 19.2 Å². The van der Waals surface area contributed by atoms with E-state index in [4.69, 9.17) is 0 Å². The Bertz CT molecular complexity index is 1340. The third-order valence-corrected chi connectivity index (χ3v) is 10.5. The van der Waals surface area contributed by atoms with Crippen molar-refractivity contribution in [2.45, 2.75) is 73.7 Å². The predicted molar refractivity (Wildman–Crippen MR) is 140 cm³/mol. The number of carbonyl (C=O) groups excluding carboxylic acids is 4. The molecule has 1 saturated heterocycles. The van der Waals surface area contributed by atoms with E-state index >= 15 is 0 Å². The number of piperidine rings is 1. The third kappa shape index (κ3) is 3.94. The number of nitrogens with one attached hydrogen (secondary N) is 2. The van der Waals surface area contributed by atoms with Crippen molar-refractivity contribution in [1.29, 1.82) is 0 Å². The standard InChI is InChI=1S/C29H30N4O4S/c34-25-7-6-23(27(36)31-25)33-14-22-21(28(33)37)2-1-3-24(22)38-15-20-5-4-18(13-30-20)26(35)32-29-11-16-8-17(12-29)10-19(29)9-16/h1-5,13,16-17,19,23H,6-12,14-15H2,(H,32,35)(H,31,34,36). The van der Waals surface area contributed by atoms with Crippen LogP contribution in [-0.2, 0) is 21.9 Å². The third-order valence-electron chi connectivity index (χ3n) is 9.35. The molecule has 3 unspecified atom stereocenters. The van der Waals surface area contributed by atoms with Gasteiger partial charge in [0.25, 0.3) is 11.8 Å². The van der Waals surface area contributed by atoms with Gasteiger partial charge in [-0.3, -0.25) is 29.5 Å². The molecule has 1 aromatic carbocycles. The number of fused-ring (bicyclic) bond motifs is 1. The van der Waals surface area contributed by atoms with Crippen molar-refractivity contribution in [2.75, 3.05) is 0 Å². The van der Waals surface area contributed by atoms with Crippen LogP contribution in [0, 0.1) is 17.8 Å². The fourth-order valence-electron chi connectivity index (χ4n) is 7.79. The van der Waals surface area contributed by atoms with E-state index in [1.165, 1.54) is 19.3 Å². The van der Waals surface area contributed by atoms with Crippen LogP contribution in [0.15, 0.2) is 41.4 Å². The van der Waals surface area contributed by atoms with E-state index in [-0.39, 0.29) is 29.7 Å². The van der Waals surface area contributed by atoms with Crippen LogP contribution in [0.3, 0.4) is 0 Å². The molecular weight excluding hydrogens is 500 g/mol. The average molecular weight is 531 g/mol. The van der Waals surface area contributed by atoms with Gasteiger partial charge in [0.05, 0.1) is 11.3 Å². The number of pyridine rings is 1. The molecule has 38 heavy (non-hydrogen) atoms. The number of rotatable bonds is 6. The highest BCUT2D eigenvalue weighted by atomic mass is 32.2. The van der Waals surface area contributed by atoms with E-state index in [2.05, 4.69) is 15.6 Å². The Morgan fingerprint density at radius 1 is 1.11 bits per heavy atom. The molecule has 2 aromatic rings. The van der Waals surface area contributed by atoms with E-state index < -0.39 is 11.9 Å². The van der Waals surface area contributed by atoms with Crippen molar-refractivity contribution in [3.8, 4) is 0 Å². The number of hydrogen-bond acceptors (Lipinski definition) is 6. The minimum absolute atomic E-state index is 0.00598. The number of aromatic nitrogens is 1. The summed E-state index contributed by atoms with van der Waals surface area (Å²) < 4.78 is 0. The van der Waals surface area contributed by atoms with Crippen LogP contribution in [-0.4, -0.2) is 45.1 Å². The molecule has 3 atom stereocenters. The molecule has 2 N–H and O–H groups in total. The van der Waals surface area contributed by atoms with Crippen LogP contribution < -0.4 is 10.6 Å². The molecule has 3 heterocycles. The smallest absolute Gasteiger partial charge is 0.255 e. The quantitative estimate of drug-likeness (QED) is 0.438. The van der Waals surface area contributed by atoms with Crippen LogP contribution >= 0.6 is 11.8 Å². The average Bonchev–Trinajstić information content (AvgIpc) is 3.44. The minimum Gasteiger partial charge on any atom is -0.346 e.